The minimum Gasteiger partial charge on any atom is -0.484 e. The second-order valence-electron chi connectivity index (χ2n) is 6.70. The molecular weight excluding hydrogens is 356 g/mol. The summed E-state index contributed by atoms with van der Waals surface area (Å²) < 4.78 is 21.3. The summed E-state index contributed by atoms with van der Waals surface area (Å²) in [5.74, 6) is 0.215. The zero-order chi connectivity index (χ0) is 20.3. The number of carbonyl (C=O) groups is 1. The minimum absolute atomic E-state index is 0.0741. The highest BCUT2D eigenvalue weighted by atomic mass is 16.6. The predicted molar refractivity (Wildman–Crippen MR) is 99.1 cm³/mol. The summed E-state index contributed by atoms with van der Waals surface area (Å²) in [4.78, 5) is 23.6. The fourth-order valence-electron chi connectivity index (χ4n) is 1.90. The van der Waals surface area contributed by atoms with Crippen molar-refractivity contribution in [2.45, 2.75) is 26.4 Å². The largest absolute Gasteiger partial charge is 0.484 e. The van der Waals surface area contributed by atoms with Gasteiger partial charge < -0.3 is 23.8 Å². The van der Waals surface area contributed by atoms with Gasteiger partial charge in [0, 0.05) is 19.7 Å². The van der Waals surface area contributed by atoms with Crippen molar-refractivity contribution >= 4 is 11.8 Å². The second-order valence-corrected chi connectivity index (χ2v) is 6.70. The first-order valence-electron chi connectivity index (χ1n) is 8.66. The molecular formula is C18H28N2O7. The van der Waals surface area contributed by atoms with Gasteiger partial charge in [-0.3, -0.25) is 10.1 Å². The van der Waals surface area contributed by atoms with E-state index < -0.39 is 16.6 Å². The Bertz CT molecular complexity index is 602. The third-order valence-corrected chi connectivity index (χ3v) is 3.20. The quantitative estimate of drug-likeness (QED) is 0.328. The Labute approximate surface area is 159 Å². The molecule has 0 saturated carbocycles. The Balaban J connectivity index is 2.07. The zero-order valence-corrected chi connectivity index (χ0v) is 16.3. The molecule has 1 rings (SSSR count). The van der Waals surface area contributed by atoms with E-state index in [0.29, 0.717) is 26.4 Å². The molecule has 1 aromatic carbocycles. The number of nitro benzene ring substituents is 1. The summed E-state index contributed by atoms with van der Waals surface area (Å²) >= 11 is 0. The minimum atomic E-state index is -0.526. The van der Waals surface area contributed by atoms with Crippen LogP contribution in [0, 0.1) is 10.1 Å². The van der Waals surface area contributed by atoms with Gasteiger partial charge in [0.25, 0.3) is 0 Å². The van der Waals surface area contributed by atoms with Gasteiger partial charge >= 0.3 is 11.8 Å². The van der Waals surface area contributed by atoms with Gasteiger partial charge in [0.05, 0.1) is 31.4 Å². The summed E-state index contributed by atoms with van der Waals surface area (Å²) in [6.45, 7) is 7.43. The van der Waals surface area contributed by atoms with Crippen molar-refractivity contribution in [2.24, 2.45) is 0 Å². The number of hydrogen-bond donors (Lipinski definition) is 0. The van der Waals surface area contributed by atoms with Gasteiger partial charge in [0.1, 0.15) is 12.2 Å². The van der Waals surface area contributed by atoms with Crippen LogP contribution in [0.15, 0.2) is 24.3 Å². The highest BCUT2D eigenvalue weighted by Gasteiger charge is 2.19. The van der Waals surface area contributed by atoms with Gasteiger partial charge in [-0.25, -0.2) is 4.79 Å². The third kappa shape index (κ3) is 9.76. The molecule has 9 nitrogen and oxygen atoms in total. The number of ether oxygens (including phenoxy) is 4. The van der Waals surface area contributed by atoms with E-state index in [4.69, 9.17) is 18.9 Å². The molecule has 0 unspecified atom stereocenters. The van der Waals surface area contributed by atoms with E-state index in [1.165, 1.54) is 11.0 Å². The summed E-state index contributed by atoms with van der Waals surface area (Å²) in [7, 11) is 1.65. The molecule has 9 heteroatoms. The number of rotatable bonds is 11. The lowest BCUT2D eigenvalue weighted by Crippen LogP contribution is -2.36. The topological polar surface area (TPSA) is 100 Å². The van der Waals surface area contributed by atoms with Crippen LogP contribution in [-0.2, 0) is 14.2 Å². The molecule has 0 aliphatic rings. The van der Waals surface area contributed by atoms with Crippen molar-refractivity contribution in [3.63, 3.8) is 0 Å². The number of nitrogens with zero attached hydrogens (tertiary/aromatic N) is 2. The SMILES string of the molecule is CN(CCOCCOCCOc1ccccc1[N+](=O)[O-])C(=O)OC(C)(C)C. The van der Waals surface area contributed by atoms with Crippen LogP contribution in [0.2, 0.25) is 0 Å². The highest BCUT2D eigenvalue weighted by Crippen LogP contribution is 2.25. The average Bonchev–Trinajstić information content (AvgIpc) is 2.58. The van der Waals surface area contributed by atoms with E-state index in [0.717, 1.165) is 0 Å². The van der Waals surface area contributed by atoms with Crippen LogP contribution in [0.3, 0.4) is 0 Å². The van der Waals surface area contributed by atoms with Gasteiger partial charge in [0.15, 0.2) is 5.75 Å². The monoisotopic (exact) mass is 384 g/mol. The number of benzene rings is 1. The van der Waals surface area contributed by atoms with E-state index in [2.05, 4.69) is 0 Å². The Morgan fingerprint density at radius 2 is 1.67 bits per heavy atom. The number of carbonyl (C=O) groups excluding carboxylic acids is 1. The van der Waals surface area contributed by atoms with Crippen molar-refractivity contribution in [3.05, 3.63) is 34.4 Å². The lowest BCUT2D eigenvalue weighted by atomic mass is 10.2. The van der Waals surface area contributed by atoms with Crippen LogP contribution in [0.5, 0.6) is 5.75 Å². The lowest BCUT2D eigenvalue weighted by molar-refractivity contribution is -0.385. The van der Waals surface area contributed by atoms with Gasteiger partial charge in [-0.15, -0.1) is 0 Å². The Hall–Kier alpha value is -2.39. The molecule has 0 atom stereocenters. The molecule has 0 radical (unpaired) electrons. The van der Waals surface area contributed by atoms with E-state index >= 15 is 0 Å². The molecule has 0 aromatic heterocycles. The number of likely N-dealkylation sites (N-methyl/N-ethyl adjacent to an activating group) is 1. The molecule has 0 aliphatic carbocycles. The number of para-hydroxylation sites is 2. The zero-order valence-electron chi connectivity index (χ0n) is 16.3. The molecule has 0 saturated heterocycles. The molecule has 0 aliphatic heterocycles. The molecule has 1 aromatic rings. The smallest absolute Gasteiger partial charge is 0.410 e. The number of amides is 1. The van der Waals surface area contributed by atoms with Crippen molar-refractivity contribution in [3.8, 4) is 5.75 Å². The van der Waals surface area contributed by atoms with Gasteiger partial charge in [-0.05, 0) is 26.8 Å². The fourth-order valence-corrected chi connectivity index (χ4v) is 1.90. The molecule has 152 valence electrons. The second kappa shape index (κ2) is 11.3. The van der Waals surface area contributed by atoms with Gasteiger partial charge in [-0.1, -0.05) is 12.1 Å². The maximum atomic E-state index is 11.7. The Kier molecular flexibility index (Phi) is 9.52. The summed E-state index contributed by atoms with van der Waals surface area (Å²) in [6.07, 6.45) is -0.394. The highest BCUT2D eigenvalue weighted by molar-refractivity contribution is 5.67. The first-order valence-corrected chi connectivity index (χ1v) is 8.66. The summed E-state index contributed by atoms with van der Waals surface area (Å²) in [5.41, 5.74) is -0.600. The molecule has 0 fully saturated rings. The van der Waals surface area contributed by atoms with Crippen LogP contribution in [0.1, 0.15) is 20.8 Å². The van der Waals surface area contributed by atoms with Crippen molar-refractivity contribution in [1.82, 2.24) is 4.90 Å². The first kappa shape index (κ1) is 22.7. The maximum absolute atomic E-state index is 11.7. The van der Waals surface area contributed by atoms with Crippen LogP contribution in [0.4, 0.5) is 10.5 Å². The van der Waals surface area contributed by atoms with Crippen molar-refractivity contribution in [2.75, 3.05) is 46.6 Å². The fraction of sp³-hybridized carbons (Fsp3) is 0.611. The Morgan fingerprint density at radius 1 is 1.07 bits per heavy atom. The van der Waals surface area contributed by atoms with Crippen LogP contribution in [0.25, 0.3) is 0 Å². The van der Waals surface area contributed by atoms with Crippen LogP contribution < -0.4 is 4.74 Å². The predicted octanol–water partition coefficient (Wildman–Crippen LogP) is 2.87. The van der Waals surface area contributed by atoms with Crippen molar-refractivity contribution < 1.29 is 28.7 Å². The Morgan fingerprint density at radius 3 is 2.30 bits per heavy atom. The van der Waals surface area contributed by atoms with Gasteiger partial charge in [-0.2, -0.15) is 0 Å². The lowest BCUT2D eigenvalue weighted by Gasteiger charge is -2.24. The summed E-state index contributed by atoms with van der Waals surface area (Å²) in [6, 6.07) is 6.19. The van der Waals surface area contributed by atoms with Gasteiger partial charge in [0.2, 0.25) is 0 Å². The van der Waals surface area contributed by atoms with E-state index in [-0.39, 0.29) is 24.7 Å². The normalized spacial score (nSPS) is 11.1. The molecule has 0 heterocycles. The van der Waals surface area contributed by atoms with Crippen LogP contribution in [-0.4, -0.2) is 68.1 Å². The van der Waals surface area contributed by atoms with E-state index in [9.17, 15) is 14.9 Å². The molecule has 0 N–H and O–H groups in total. The molecule has 27 heavy (non-hydrogen) atoms. The number of hydrogen-bond acceptors (Lipinski definition) is 7. The molecule has 0 bridgehead atoms. The third-order valence-electron chi connectivity index (χ3n) is 3.20. The number of nitro groups is 1. The first-order chi connectivity index (χ1) is 12.7. The van der Waals surface area contributed by atoms with E-state index in [1.807, 2.05) is 20.8 Å². The van der Waals surface area contributed by atoms with Crippen LogP contribution >= 0.6 is 0 Å². The van der Waals surface area contributed by atoms with E-state index in [1.54, 1.807) is 25.2 Å². The average molecular weight is 384 g/mol. The molecule has 1 amide bonds. The standard InChI is InChI=1S/C18H28N2O7/c1-18(2,3)27-17(21)19(4)9-10-24-11-12-25-13-14-26-16-8-6-5-7-15(16)20(22)23/h5-8H,9-14H2,1-4H3. The maximum Gasteiger partial charge on any atom is 0.410 e. The molecule has 0 spiro atoms. The van der Waals surface area contributed by atoms with Crippen molar-refractivity contribution in [1.29, 1.82) is 0 Å². The summed E-state index contributed by atoms with van der Waals surface area (Å²) in [5, 5.41) is 10.9.